The van der Waals surface area contributed by atoms with Gasteiger partial charge in [-0.2, -0.15) is 13.2 Å². The summed E-state index contributed by atoms with van der Waals surface area (Å²) in [6.45, 7) is 3.61. The van der Waals surface area contributed by atoms with E-state index in [1.165, 1.54) is 30.6 Å². The lowest BCUT2D eigenvalue weighted by molar-refractivity contribution is -0.192. The van der Waals surface area contributed by atoms with Gasteiger partial charge in [0.05, 0.1) is 5.69 Å². The van der Waals surface area contributed by atoms with Crippen molar-refractivity contribution in [1.82, 2.24) is 14.9 Å². The molecule has 1 saturated carbocycles. The number of rotatable bonds is 3. The Hall–Kier alpha value is -1.90. The second-order valence-corrected chi connectivity index (χ2v) is 6.56. The van der Waals surface area contributed by atoms with Crippen LogP contribution in [0.4, 0.5) is 19.0 Å². The van der Waals surface area contributed by atoms with Crippen LogP contribution in [0.15, 0.2) is 6.33 Å². The van der Waals surface area contributed by atoms with Gasteiger partial charge in [0.2, 0.25) is 0 Å². The average Bonchev–Trinajstić information content (AvgIpc) is 3.34. The number of nitrogens with zero attached hydrogens (tertiary/aromatic N) is 4. The Labute approximate surface area is 144 Å². The highest BCUT2D eigenvalue weighted by molar-refractivity contribution is 5.73. The molecule has 0 bridgehead atoms. The molecular formula is C16H23F3N4O2. The first-order valence-corrected chi connectivity index (χ1v) is 8.21. The fraction of sp³-hybridized carbons (Fsp3) is 0.688. The summed E-state index contributed by atoms with van der Waals surface area (Å²) in [5, 5.41) is 7.12. The Bertz CT molecular complexity index is 604. The predicted molar refractivity (Wildman–Crippen MR) is 86.6 cm³/mol. The predicted octanol–water partition coefficient (Wildman–Crippen LogP) is 1.99. The fourth-order valence-corrected chi connectivity index (χ4v) is 2.79. The lowest BCUT2D eigenvalue weighted by Gasteiger charge is -2.19. The van der Waals surface area contributed by atoms with E-state index in [4.69, 9.17) is 9.90 Å². The van der Waals surface area contributed by atoms with Gasteiger partial charge in [0.1, 0.15) is 12.1 Å². The third kappa shape index (κ3) is 5.84. The van der Waals surface area contributed by atoms with Crippen LogP contribution in [-0.2, 0) is 17.6 Å². The number of aliphatic carboxylic acids is 1. The summed E-state index contributed by atoms with van der Waals surface area (Å²) in [4.78, 5) is 22.5. The molecule has 140 valence electrons. The molecule has 0 radical (unpaired) electrons. The molecule has 1 fully saturated rings. The van der Waals surface area contributed by atoms with Crippen LogP contribution in [0, 0.1) is 5.92 Å². The van der Waals surface area contributed by atoms with Crippen LogP contribution in [0.25, 0.3) is 0 Å². The minimum Gasteiger partial charge on any atom is -0.475 e. The van der Waals surface area contributed by atoms with Crippen LogP contribution in [0.3, 0.4) is 0 Å². The molecule has 3 rings (SSSR count). The Morgan fingerprint density at radius 2 is 1.88 bits per heavy atom. The van der Waals surface area contributed by atoms with Crippen molar-refractivity contribution in [3.63, 3.8) is 0 Å². The molecule has 0 atom stereocenters. The van der Waals surface area contributed by atoms with Gasteiger partial charge in [-0.15, -0.1) is 0 Å². The molecule has 1 N–H and O–H groups in total. The SMILES string of the molecule is CN(C)c1ncnc2c1CCN(CC1CC1)CC2.O=C(O)C(F)(F)F. The summed E-state index contributed by atoms with van der Waals surface area (Å²) in [6, 6.07) is 0. The molecule has 0 saturated heterocycles. The van der Waals surface area contributed by atoms with Crippen molar-refractivity contribution in [3.05, 3.63) is 17.6 Å². The zero-order valence-corrected chi connectivity index (χ0v) is 14.4. The quantitative estimate of drug-likeness (QED) is 0.889. The van der Waals surface area contributed by atoms with Crippen LogP contribution in [-0.4, -0.2) is 65.8 Å². The third-order valence-corrected chi connectivity index (χ3v) is 4.23. The number of aromatic nitrogens is 2. The van der Waals surface area contributed by atoms with E-state index >= 15 is 0 Å². The Morgan fingerprint density at radius 1 is 1.28 bits per heavy atom. The largest absolute Gasteiger partial charge is 0.490 e. The molecule has 2 aliphatic rings. The number of carbonyl (C=O) groups is 1. The van der Waals surface area contributed by atoms with Gasteiger partial charge in [0.25, 0.3) is 0 Å². The number of carboxylic acid groups (broad SMARTS) is 1. The molecule has 1 aliphatic heterocycles. The summed E-state index contributed by atoms with van der Waals surface area (Å²) >= 11 is 0. The van der Waals surface area contributed by atoms with Crippen LogP contribution in [0.5, 0.6) is 0 Å². The van der Waals surface area contributed by atoms with E-state index in [9.17, 15) is 13.2 Å². The molecule has 1 aromatic rings. The highest BCUT2D eigenvalue weighted by atomic mass is 19.4. The molecule has 25 heavy (non-hydrogen) atoms. The molecule has 9 heteroatoms. The highest BCUT2D eigenvalue weighted by Crippen LogP contribution is 2.30. The topological polar surface area (TPSA) is 69.6 Å². The maximum atomic E-state index is 10.6. The lowest BCUT2D eigenvalue weighted by atomic mass is 10.1. The smallest absolute Gasteiger partial charge is 0.475 e. The summed E-state index contributed by atoms with van der Waals surface area (Å²) in [5.74, 6) is -0.675. The monoisotopic (exact) mass is 360 g/mol. The van der Waals surface area contributed by atoms with Gasteiger partial charge >= 0.3 is 12.1 Å². The van der Waals surface area contributed by atoms with Crippen LogP contribution in [0.1, 0.15) is 24.1 Å². The number of alkyl halides is 3. The second-order valence-electron chi connectivity index (χ2n) is 6.56. The molecule has 6 nitrogen and oxygen atoms in total. The van der Waals surface area contributed by atoms with Crippen LogP contribution in [0.2, 0.25) is 0 Å². The van der Waals surface area contributed by atoms with Gasteiger partial charge in [-0.25, -0.2) is 14.8 Å². The fourth-order valence-electron chi connectivity index (χ4n) is 2.79. The van der Waals surface area contributed by atoms with Gasteiger partial charge in [0, 0.05) is 45.7 Å². The Kier molecular flexibility index (Phi) is 6.21. The zero-order valence-electron chi connectivity index (χ0n) is 14.4. The maximum absolute atomic E-state index is 10.6. The third-order valence-electron chi connectivity index (χ3n) is 4.23. The Morgan fingerprint density at radius 3 is 2.40 bits per heavy atom. The van der Waals surface area contributed by atoms with Crippen molar-refractivity contribution < 1.29 is 23.1 Å². The van der Waals surface area contributed by atoms with Gasteiger partial charge in [-0.05, 0) is 25.2 Å². The molecule has 2 heterocycles. The number of halogens is 3. The van der Waals surface area contributed by atoms with Crippen LogP contribution >= 0.6 is 0 Å². The summed E-state index contributed by atoms with van der Waals surface area (Å²) in [6.07, 6.45) is 1.67. The molecule has 0 unspecified atom stereocenters. The van der Waals surface area contributed by atoms with E-state index in [1.807, 2.05) is 0 Å². The van der Waals surface area contributed by atoms with Gasteiger partial charge in [0.15, 0.2) is 0 Å². The van der Waals surface area contributed by atoms with E-state index in [0.29, 0.717) is 0 Å². The molecule has 1 aromatic heterocycles. The molecule has 0 aromatic carbocycles. The average molecular weight is 360 g/mol. The molecular weight excluding hydrogens is 337 g/mol. The normalized spacial score (nSPS) is 17.8. The number of hydrogen-bond donors (Lipinski definition) is 1. The minimum absolute atomic E-state index is 0.977. The highest BCUT2D eigenvalue weighted by Gasteiger charge is 2.38. The number of fused-ring (bicyclic) bond motifs is 1. The van der Waals surface area contributed by atoms with E-state index in [-0.39, 0.29) is 0 Å². The molecule has 1 aliphatic carbocycles. The first-order chi connectivity index (χ1) is 11.7. The first kappa shape index (κ1) is 19.4. The summed E-state index contributed by atoms with van der Waals surface area (Å²) < 4.78 is 31.7. The van der Waals surface area contributed by atoms with Crippen LogP contribution < -0.4 is 4.90 Å². The molecule has 0 amide bonds. The first-order valence-electron chi connectivity index (χ1n) is 8.21. The Balaban J connectivity index is 0.000000277. The van der Waals surface area contributed by atoms with E-state index in [1.54, 1.807) is 6.33 Å². The maximum Gasteiger partial charge on any atom is 0.490 e. The van der Waals surface area contributed by atoms with E-state index < -0.39 is 12.1 Å². The van der Waals surface area contributed by atoms with Crippen molar-refractivity contribution in [1.29, 1.82) is 0 Å². The minimum atomic E-state index is -5.08. The van der Waals surface area contributed by atoms with Gasteiger partial charge in [-0.1, -0.05) is 0 Å². The van der Waals surface area contributed by atoms with Crippen molar-refractivity contribution in [2.24, 2.45) is 5.92 Å². The number of carboxylic acids is 1. The standard InChI is InChI=1S/C14H22N4.C2HF3O2/c1-17(2)14-12-5-7-18(9-11-3-4-11)8-6-13(12)15-10-16-14;3-2(4,5)1(6)7/h10-11H,3-9H2,1-2H3;(H,6,7). The second kappa shape index (κ2) is 7.99. The number of hydrogen-bond acceptors (Lipinski definition) is 5. The van der Waals surface area contributed by atoms with E-state index in [2.05, 4.69) is 33.9 Å². The van der Waals surface area contributed by atoms with Crippen molar-refractivity contribution in [2.45, 2.75) is 31.9 Å². The summed E-state index contributed by atoms with van der Waals surface area (Å²) in [7, 11) is 4.13. The van der Waals surface area contributed by atoms with E-state index in [0.717, 1.165) is 37.7 Å². The van der Waals surface area contributed by atoms with Gasteiger partial charge in [-0.3, -0.25) is 0 Å². The lowest BCUT2D eigenvalue weighted by Crippen LogP contribution is -2.28. The van der Waals surface area contributed by atoms with Crippen molar-refractivity contribution >= 4 is 11.8 Å². The van der Waals surface area contributed by atoms with Crippen molar-refractivity contribution in [2.75, 3.05) is 38.6 Å². The molecule has 0 spiro atoms. The zero-order chi connectivity index (χ0) is 18.6. The van der Waals surface area contributed by atoms with Gasteiger partial charge < -0.3 is 14.9 Å². The summed E-state index contributed by atoms with van der Waals surface area (Å²) in [5.41, 5.74) is 2.62. The van der Waals surface area contributed by atoms with Crippen molar-refractivity contribution in [3.8, 4) is 0 Å². The number of anilines is 1.